The van der Waals surface area contributed by atoms with Crippen LogP contribution >= 0.6 is 0 Å². The van der Waals surface area contributed by atoms with Crippen LogP contribution in [0.25, 0.3) is 16.3 Å². The van der Waals surface area contributed by atoms with Gasteiger partial charge in [0.2, 0.25) is 0 Å². The van der Waals surface area contributed by atoms with Crippen LogP contribution < -0.4 is 0 Å². The van der Waals surface area contributed by atoms with Gasteiger partial charge in [-0.3, -0.25) is 13.9 Å². The van der Waals surface area contributed by atoms with Gasteiger partial charge in [0, 0.05) is 53.8 Å². The van der Waals surface area contributed by atoms with Crippen molar-refractivity contribution in [3.05, 3.63) is 83.2 Å². The maximum absolute atomic E-state index is 14.2. The summed E-state index contributed by atoms with van der Waals surface area (Å²) in [7, 11) is -0.911. The summed E-state index contributed by atoms with van der Waals surface area (Å²) < 4.78 is 26.3. The topological polar surface area (TPSA) is 40.6 Å². The molecule has 3 aromatic carbocycles. The summed E-state index contributed by atoms with van der Waals surface area (Å²) >= 11 is 0. The summed E-state index contributed by atoms with van der Waals surface area (Å²) in [6.07, 6.45) is 4.07. The number of fused-ring (bicyclic) bond motifs is 1. The van der Waals surface area contributed by atoms with Crippen LogP contribution in [0, 0.1) is 5.82 Å². The Kier molecular flexibility index (Phi) is 12.7. The van der Waals surface area contributed by atoms with Gasteiger partial charge in [-0.05, 0) is 73.4 Å². The highest BCUT2D eigenvalue weighted by atomic mass is 32.2. The minimum atomic E-state index is -0.911. The lowest BCUT2D eigenvalue weighted by Crippen LogP contribution is -2.48. The molecule has 1 atom stereocenters. The Bertz CT molecular complexity index is 1330. The van der Waals surface area contributed by atoms with Gasteiger partial charge in [-0.1, -0.05) is 76.6 Å². The van der Waals surface area contributed by atoms with E-state index in [1.807, 2.05) is 63.8 Å². The lowest BCUT2D eigenvalue weighted by molar-refractivity contribution is 0.0610. The van der Waals surface area contributed by atoms with E-state index < -0.39 is 10.8 Å². The Hall–Kier alpha value is -2.83. The summed E-state index contributed by atoms with van der Waals surface area (Å²) in [4.78, 5) is 18.7. The van der Waals surface area contributed by atoms with Gasteiger partial charge >= 0.3 is 0 Å². The largest absolute Gasteiger partial charge is 0.339 e. The molecule has 2 saturated heterocycles. The van der Waals surface area contributed by atoms with Crippen LogP contribution in [0.1, 0.15) is 83.1 Å². The number of rotatable bonds is 5. The maximum Gasteiger partial charge on any atom is 0.254 e. The van der Waals surface area contributed by atoms with Gasteiger partial charge in [0.05, 0.1) is 10.8 Å². The molecule has 3 aromatic rings. The summed E-state index contributed by atoms with van der Waals surface area (Å²) in [5, 5.41) is 1.19. The Labute approximate surface area is 249 Å². The summed E-state index contributed by atoms with van der Waals surface area (Å²) in [6, 6.07) is 19.0. The van der Waals surface area contributed by atoms with Gasteiger partial charge in [0.25, 0.3) is 5.91 Å². The molecule has 222 valence electrons. The molecule has 0 radical (unpaired) electrons. The molecule has 2 aliphatic rings. The van der Waals surface area contributed by atoms with Crippen molar-refractivity contribution in [3.63, 3.8) is 0 Å². The first kappa shape index (κ1) is 32.7. The predicted octanol–water partition coefficient (Wildman–Crippen LogP) is 8.33. The molecule has 4 nitrogen and oxygen atoms in total. The Morgan fingerprint density at radius 1 is 0.854 bits per heavy atom. The SMILES string of the molecule is CC.CC.CCS(=O)c1ccc(C(C)=C2CCN(C3CCN(C(=O)c4ccc(F)c5ccccc45)CC3)CC2)cc1. The number of halogens is 1. The highest BCUT2D eigenvalue weighted by molar-refractivity contribution is 7.85. The van der Waals surface area contributed by atoms with E-state index in [4.69, 9.17) is 0 Å². The number of benzene rings is 3. The number of hydrogen-bond acceptors (Lipinski definition) is 3. The van der Waals surface area contributed by atoms with Gasteiger partial charge < -0.3 is 4.90 Å². The first-order chi connectivity index (χ1) is 20.0. The van der Waals surface area contributed by atoms with E-state index in [1.54, 1.807) is 18.2 Å². The third kappa shape index (κ3) is 7.72. The molecule has 0 aliphatic carbocycles. The number of carbonyl (C=O) groups excluding carboxylic acids is 1. The second-order valence-corrected chi connectivity index (χ2v) is 11.8. The molecule has 6 heteroatoms. The predicted molar refractivity (Wildman–Crippen MR) is 172 cm³/mol. The van der Waals surface area contributed by atoms with E-state index in [0.717, 1.165) is 56.8 Å². The van der Waals surface area contributed by atoms with Crippen molar-refractivity contribution in [2.45, 2.75) is 78.2 Å². The normalized spacial score (nSPS) is 16.8. The molecule has 5 rings (SSSR count). The zero-order valence-corrected chi connectivity index (χ0v) is 26.5. The van der Waals surface area contributed by atoms with Crippen LogP contribution in [-0.2, 0) is 10.8 Å². The lowest BCUT2D eigenvalue weighted by atomic mass is 9.92. The highest BCUT2D eigenvalue weighted by Gasteiger charge is 2.29. The van der Waals surface area contributed by atoms with Crippen molar-refractivity contribution in [1.82, 2.24) is 9.80 Å². The van der Waals surface area contributed by atoms with Crippen LogP contribution in [-0.4, -0.2) is 57.9 Å². The van der Waals surface area contributed by atoms with Crippen molar-refractivity contribution in [2.24, 2.45) is 0 Å². The van der Waals surface area contributed by atoms with Crippen molar-refractivity contribution in [3.8, 4) is 0 Å². The number of piperidine rings is 2. The molecular formula is C35H47FN2O2S. The number of nitrogens with zero attached hydrogens (tertiary/aromatic N) is 2. The molecule has 2 aliphatic heterocycles. The van der Waals surface area contributed by atoms with Crippen molar-refractivity contribution in [1.29, 1.82) is 0 Å². The summed E-state index contributed by atoms with van der Waals surface area (Å²) in [6.45, 7) is 15.7. The molecule has 0 spiro atoms. The molecule has 41 heavy (non-hydrogen) atoms. The van der Waals surface area contributed by atoms with E-state index in [-0.39, 0.29) is 11.7 Å². The summed E-state index contributed by atoms with van der Waals surface area (Å²) in [5.41, 5.74) is 4.67. The van der Waals surface area contributed by atoms with E-state index in [2.05, 4.69) is 24.0 Å². The average molecular weight is 579 g/mol. The third-order valence-electron chi connectivity index (χ3n) is 8.11. The second kappa shape index (κ2) is 16.0. The van der Waals surface area contributed by atoms with Gasteiger partial charge in [-0.25, -0.2) is 4.39 Å². The van der Waals surface area contributed by atoms with Gasteiger partial charge in [0.15, 0.2) is 0 Å². The van der Waals surface area contributed by atoms with Crippen LogP contribution in [0.2, 0.25) is 0 Å². The van der Waals surface area contributed by atoms with Crippen LogP contribution in [0.3, 0.4) is 0 Å². The van der Waals surface area contributed by atoms with Crippen LogP contribution in [0.4, 0.5) is 4.39 Å². The molecule has 0 N–H and O–H groups in total. The van der Waals surface area contributed by atoms with Gasteiger partial charge in [0.1, 0.15) is 5.82 Å². The number of likely N-dealkylation sites (tertiary alicyclic amines) is 2. The quantitative estimate of drug-likeness (QED) is 0.306. The maximum atomic E-state index is 14.2. The zero-order chi connectivity index (χ0) is 29.9. The molecule has 0 saturated carbocycles. The molecule has 0 aromatic heterocycles. The van der Waals surface area contributed by atoms with Gasteiger partial charge in [-0.2, -0.15) is 0 Å². The van der Waals surface area contributed by atoms with E-state index in [0.29, 0.717) is 28.1 Å². The van der Waals surface area contributed by atoms with Crippen molar-refractivity contribution >= 4 is 33.1 Å². The Balaban J connectivity index is 0.00000111. The standard InChI is InChI=1S/C31H35FN2O2S.2C2H6/c1-3-37(36)26-10-8-23(9-11-26)22(2)24-14-18-33(19-15-24)25-16-20-34(21-17-25)31(35)29-12-13-30(32)28-7-5-4-6-27(28)29;2*1-2/h4-13,25H,3,14-21H2,1-2H3;2*1-2H3. The van der Waals surface area contributed by atoms with Crippen LogP contribution in [0.15, 0.2) is 71.1 Å². The molecule has 2 fully saturated rings. The lowest BCUT2D eigenvalue weighted by Gasteiger charge is -2.41. The first-order valence-electron chi connectivity index (χ1n) is 15.3. The van der Waals surface area contributed by atoms with E-state index in [1.165, 1.54) is 22.8 Å². The number of amides is 1. The van der Waals surface area contributed by atoms with Crippen molar-refractivity contribution < 1.29 is 13.4 Å². The minimum Gasteiger partial charge on any atom is -0.339 e. The molecule has 0 bridgehead atoms. The second-order valence-electron chi connectivity index (χ2n) is 10.1. The number of allylic oxidation sites excluding steroid dienone is 1. The monoisotopic (exact) mass is 578 g/mol. The zero-order valence-electron chi connectivity index (χ0n) is 25.7. The van der Waals surface area contributed by atoms with Gasteiger partial charge in [-0.15, -0.1) is 0 Å². The Morgan fingerprint density at radius 3 is 2.02 bits per heavy atom. The fraction of sp³-hybridized carbons (Fsp3) is 0.457. The van der Waals surface area contributed by atoms with E-state index >= 15 is 0 Å². The highest BCUT2D eigenvalue weighted by Crippen LogP contribution is 2.30. The molecule has 1 amide bonds. The Morgan fingerprint density at radius 2 is 1.44 bits per heavy atom. The molecule has 1 unspecified atom stereocenters. The minimum absolute atomic E-state index is 0.00271. The summed E-state index contributed by atoms with van der Waals surface area (Å²) in [5.74, 6) is 0.360. The third-order valence-corrected chi connectivity index (χ3v) is 9.44. The van der Waals surface area contributed by atoms with Crippen molar-refractivity contribution in [2.75, 3.05) is 31.9 Å². The van der Waals surface area contributed by atoms with E-state index in [9.17, 15) is 13.4 Å². The molecular weight excluding hydrogens is 531 g/mol. The fourth-order valence-corrected chi connectivity index (χ4v) is 6.59. The average Bonchev–Trinajstić information content (AvgIpc) is 3.06. The fourth-order valence-electron chi connectivity index (χ4n) is 5.81. The molecule has 2 heterocycles. The first-order valence-corrected chi connectivity index (χ1v) is 16.7. The smallest absolute Gasteiger partial charge is 0.254 e. The number of hydrogen-bond donors (Lipinski definition) is 0. The van der Waals surface area contributed by atoms with Crippen LogP contribution in [0.5, 0.6) is 0 Å². The number of carbonyl (C=O) groups is 1.